The molecule has 1 atom stereocenters. The molecule has 3 rings (SSSR count). The van der Waals surface area contributed by atoms with Gasteiger partial charge in [0.05, 0.1) is 12.3 Å². The number of nitrogens with zero attached hydrogens (tertiary/aromatic N) is 2. The Morgan fingerprint density at radius 1 is 1.10 bits per heavy atom. The monoisotopic (exact) mass is 403 g/mol. The van der Waals surface area contributed by atoms with Gasteiger partial charge in [0.2, 0.25) is 5.91 Å². The molecular formula is C22H37N5O2. The Kier molecular flexibility index (Phi) is 8.86. The number of hydrogen-bond donors (Lipinski definition) is 3. The molecule has 1 aliphatic carbocycles. The number of furan rings is 1. The number of hydrogen-bond acceptors (Lipinski definition) is 4. The van der Waals surface area contributed by atoms with Crippen LogP contribution in [0.2, 0.25) is 0 Å². The highest BCUT2D eigenvalue weighted by atomic mass is 16.3. The van der Waals surface area contributed by atoms with Crippen LogP contribution in [0.5, 0.6) is 0 Å². The van der Waals surface area contributed by atoms with Crippen molar-refractivity contribution in [3.05, 3.63) is 24.2 Å². The lowest BCUT2D eigenvalue weighted by Crippen LogP contribution is -2.46. The second kappa shape index (κ2) is 11.9. The largest absolute Gasteiger partial charge is 0.468 e. The minimum atomic E-state index is 0.204. The van der Waals surface area contributed by atoms with Gasteiger partial charge in [0.1, 0.15) is 5.76 Å². The number of guanidine groups is 1. The van der Waals surface area contributed by atoms with Crippen molar-refractivity contribution < 1.29 is 9.21 Å². The van der Waals surface area contributed by atoms with Crippen LogP contribution in [-0.2, 0) is 4.79 Å². The first-order chi connectivity index (χ1) is 14.3. The fourth-order valence-corrected chi connectivity index (χ4v) is 4.41. The van der Waals surface area contributed by atoms with Crippen LogP contribution in [0, 0.1) is 5.92 Å². The van der Waals surface area contributed by atoms with Gasteiger partial charge in [-0.1, -0.05) is 25.7 Å². The maximum absolute atomic E-state index is 12.2. The first-order valence-electron chi connectivity index (χ1n) is 11.3. The number of rotatable bonds is 8. The maximum Gasteiger partial charge on any atom is 0.223 e. The summed E-state index contributed by atoms with van der Waals surface area (Å²) in [5.41, 5.74) is 0. The first kappa shape index (κ1) is 21.7. The molecule has 29 heavy (non-hydrogen) atoms. The summed E-state index contributed by atoms with van der Waals surface area (Å²) in [5, 5.41) is 9.80. The van der Waals surface area contributed by atoms with E-state index < -0.39 is 0 Å². The van der Waals surface area contributed by atoms with Gasteiger partial charge in [-0.25, -0.2) is 0 Å². The van der Waals surface area contributed by atoms with Crippen molar-refractivity contribution in [2.24, 2.45) is 10.9 Å². The zero-order chi connectivity index (χ0) is 20.3. The van der Waals surface area contributed by atoms with Gasteiger partial charge in [-0.15, -0.1) is 0 Å². The van der Waals surface area contributed by atoms with E-state index in [2.05, 4.69) is 31.9 Å². The minimum absolute atomic E-state index is 0.204. The third-order valence-electron chi connectivity index (χ3n) is 6.08. The summed E-state index contributed by atoms with van der Waals surface area (Å²) in [6.07, 6.45) is 11.2. The molecule has 2 aliphatic rings. The van der Waals surface area contributed by atoms with Gasteiger partial charge < -0.3 is 20.4 Å². The zero-order valence-electron chi connectivity index (χ0n) is 17.8. The predicted octanol–water partition coefficient (Wildman–Crippen LogP) is 2.67. The minimum Gasteiger partial charge on any atom is -0.468 e. The Balaban J connectivity index is 1.40. The Labute approximate surface area is 174 Å². The number of likely N-dealkylation sites (tertiary alicyclic amines) is 1. The topological polar surface area (TPSA) is 81.9 Å². The normalized spacial score (nSPS) is 20.2. The highest BCUT2D eigenvalue weighted by Crippen LogP contribution is 2.25. The molecule has 2 fully saturated rings. The van der Waals surface area contributed by atoms with E-state index in [-0.39, 0.29) is 17.9 Å². The first-order valence-corrected chi connectivity index (χ1v) is 11.3. The van der Waals surface area contributed by atoms with Crippen LogP contribution in [0.1, 0.15) is 63.2 Å². The molecule has 1 unspecified atom stereocenters. The molecule has 1 aromatic heterocycles. The fraction of sp³-hybridized carbons (Fsp3) is 0.727. The molecule has 7 heteroatoms. The van der Waals surface area contributed by atoms with Crippen LogP contribution >= 0.6 is 0 Å². The van der Waals surface area contributed by atoms with E-state index in [1.807, 2.05) is 6.07 Å². The summed E-state index contributed by atoms with van der Waals surface area (Å²) in [5.74, 6) is 2.16. The molecule has 1 saturated heterocycles. The van der Waals surface area contributed by atoms with E-state index >= 15 is 0 Å². The highest BCUT2D eigenvalue weighted by molar-refractivity contribution is 5.80. The highest BCUT2D eigenvalue weighted by Gasteiger charge is 2.24. The van der Waals surface area contributed by atoms with Crippen molar-refractivity contribution in [2.45, 2.75) is 57.4 Å². The predicted molar refractivity (Wildman–Crippen MR) is 116 cm³/mol. The molecule has 3 N–H and O–H groups in total. The molecule has 1 aliphatic heterocycles. The zero-order valence-corrected chi connectivity index (χ0v) is 17.8. The van der Waals surface area contributed by atoms with Crippen molar-refractivity contribution in [2.75, 3.05) is 39.8 Å². The number of amides is 1. The Morgan fingerprint density at radius 3 is 2.52 bits per heavy atom. The van der Waals surface area contributed by atoms with E-state index in [0.717, 1.165) is 44.2 Å². The molecule has 0 radical (unpaired) electrons. The fourth-order valence-electron chi connectivity index (χ4n) is 4.41. The third-order valence-corrected chi connectivity index (χ3v) is 6.08. The van der Waals surface area contributed by atoms with Crippen molar-refractivity contribution >= 4 is 11.9 Å². The summed E-state index contributed by atoms with van der Waals surface area (Å²) in [7, 11) is 1.78. The molecular weight excluding hydrogens is 366 g/mol. The van der Waals surface area contributed by atoms with E-state index in [0.29, 0.717) is 13.1 Å². The Morgan fingerprint density at radius 2 is 1.83 bits per heavy atom. The maximum atomic E-state index is 12.2. The number of carbonyl (C=O) groups is 1. The molecule has 1 amide bonds. The van der Waals surface area contributed by atoms with Crippen LogP contribution in [-0.4, -0.2) is 56.5 Å². The molecule has 1 saturated carbocycles. The molecule has 1 aromatic rings. The van der Waals surface area contributed by atoms with E-state index in [4.69, 9.17) is 4.42 Å². The molecule has 162 valence electrons. The number of piperidine rings is 1. The summed E-state index contributed by atoms with van der Waals surface area (Å²) >= 11 is 0. The summed E-state index contributed by atoms with van der Waals surface area (Å²) in [6, 6.07) is 4.21. The molecule has 2 heterocycles. The summed E-state index contributed by atoms with van der Waals surface area (Å²) < 4.78 is 5.71. The van der Waals surface area contributed by atoms with Crippen LogP contribution in [0.25, 0.3) is 0 Å². The summed E-state index contributed by atoms with van der Waals surface area (Å²) in [4.78, 5) is 19.1. The van der Waals surface area contributed by atoms with Gasteiger partial charge >= 0.3 is 0 Å². The lowest BCUT2D eigenvalue weighted by atomic mass is 9.89. The lowest BCUT2D eigenvalue weighted by molar-refractivity contribution is -0.125. The van der Waals surface area contributed by atoms with Crippen molar-refractivity contribution in [3.63, 3.8) is 0 Å². The van der Waals surface area contributed by atoms with Crippen LogP contribution in [0.3, 0.4) is 0 Å². The molecule has 0 spiro atoms. The number of aliphatic imine (C=N–C) groups is 1. The molecule has 0 aromatic carbocycles. The van der Waals surface area contributed by atoms with Gasteiger partial charge in [-0.3, -0.25) is 14.7 Å². The van der Waals surface area contributed by atoms with E-state index in [1.165, 1.54) is 38.5 Å². The number of carbonyl (C=O) groups excluding carboxylic acids is 1. The van der Waals surface area contributed by atoms with Crippen LogP contribution in [0.4, 0.5) is 0 Å². The summed E-state index contributed by atoms with van der Waals surface area (Å²) in [6.45, 7) is 4.22. The van der Waals surface area contributed by atoms with Crippen LogP contribution < -0.4 is 16.0 Å². The molecule has 0 bridgehead atoms. The van der Waals surface area contributed by atoms with Gasteiger partial charge in [0.25, 0.3) is 0 Å². The quantitative estimate of drug-likeness (QED) is 0.353. The SMILES string of the molecule is CN=C(NCCNC(=O)C1CCCCC1)NCC(c1ccco1)N1CCCCC1. The average Bonchev–Trinajstić information content (AvgIpc) is 3.31. The van der Waals surface area contributed by atoms with Crippen molar-refractivity contribution in [1.29, 1.82) is 0 Å². The Bertz CT molecular complexity index is 619. The second-order valence-corrected chi connectivity index (χ2v) is 8.13. The van der Waals surface area contributed by atoms with Gasteiger partial charge in [-0.05, 0) is 50.9 Å². The van der Waals surface area contributed by atoms with E-state index in [9.17, 15) is 4.79 Å². The van der Waals surface area contributed by atoms with Crippen molar-refractivity contribution in [3.8, 4) is 0 Å². The van der Waals surface area contributed by atoms with Gasteiger partial charge in [0.15, 0.2) is 5.96 Å². The standard InChI is InChI=1S/C22H37N5O2/c1-23-22(25-13-12-24-21(28)18-9-4-2-5-10-18)26-17-19(20-11-8-16-29-20)27-14-6-3-7-15-27/h8,11,16,18-19H,2-7,9-10,12-15,17H2,1H3,(H,24,28)(H2,23,25,26). The van der Waals surface area contributed by atoms with Gasteiger partial charge in [-0.2, -0.15) is 0 Å². The smallest absolute Gasteiger partial charge is 0.223 e. The van der Waals surface area contributed by atoms with E-state index in [1.54, 1.807) is 13.3 Å². The number of nitrogens with one attached hydrogen (secondary N) is 3. The molecule has 7 nitrogen and oxygen atoms in total. The second-order valence-electron chi connectivity index (χ2n) is 8.13. The average molecular weight is 404 g/mol. The third kappa shape index (κ3) is 6.77. The van der Waals surface area contributed by atoms with Crippen LogP contribution in [0.15, 0.2) is 27.8 Å². The van der Waals surface area contributed by atoms with Gasteiger partial charge in [0, 0.05) is 32.6 Å². The lowest BCUT2D eigenvalue weighted by Gasteiger charge is -2.33. The Hall–Kier alpha value is -2.02. The van der Waals surface area contributed by atoms with Crippen molar-refractivity contribution in [1.82, 2.24) is 20.9 Å².